The molecule has 18 heteroatoms. The van der Waals surface area contributed by atoms with E-state index >= 15 is 0 Å². The summed E-state index contributed by atoms with van der Waals surface area (Å²) in [6, 6.07) is 19.4. The van der Waals surface area contributed by atoms with Crippen LogP contribution >= 0.6 is 0 Å². The summed E-state index contributed by atoms with van der Waals surface area (Å²) in [7, 11) is -4.75. The topological polar surface area (TPSA) is 235 Å². The predicted octanol–water partition coefficient (Wildman–Crippen LogP) is 7.96. The van der Waals surface area contributed by atoms with Gasteiger partial charge in [-0.3, -0.25) is 24.6 Å². The van der Waals surface area contributed by atoms with Crippen LogP contribution in [0, 0.1) is 21.4 Å². The summed E-state index contributed by atoms with van der Waals surface area (Å²) in [6.07, 6.45) is 9.78. The number of nitro benzene ring substituents is 1. The number of aromatic nitrogens is 2. The summed E-state index contributed by atoms with van der Waals surface area (Å²) >= 11 is 0. The number of fused-ring (bicyclic) bond motifs is 2. The van der Waals surface area contributed by atoms with Gasteiger partial charge < -0.3 is 35.5 Å². The Balaban J connectivity index is 0.885. The number of pyridine rings is 1. The maximum atomic E-state index is 14.2. The largest absolute Gasteiger partial charge is 0.489 e. The second kappa shape index (κ2) is 17.9. The first kappa shape index (κ1) is 46.5. The number of hydrogen-bond donors (Lipinski definition) is 5. The van der Waals surface area contributed by atoms with E-state index in [4.69, 9.17) is 15.2 Å². The number of hydrogen-bond acceptors (Lipinski definition) is 13. The van der Waals surface area contributed by atoms with Gasteiger partial charge in [0, 0.05) is 67.7 Å². The van der Waals surface area contributed by atoms with Gasteiger partial charge in [0.15, 0.2) is 22.9 Å². The highest BCUT2D eigenvalue weighted by Crippen LogP contribution is 2.49. The summed E-state index contributed by atoms with van der Waals surface area (Å²) < 4.78 is 42.5. The number of benzene rings is 3. The molecule has 2 aliphatic carbocycles. The molecule has 0 radical (unpaired) electrons. The predicted molar refractivity (Wildman–Crippen MR) is 261 cm³/mol. The van der Waals surface area contributed by atoms with Crippen LogP contribution in [0.15, 0.2) is 77.8 Å². The summed E-state index contributed by atoms with van der Waals surface area (Å²) in [5, 5.41) is 26.7. The Hall–Kier alpha value is -6.24. The smallest absolute Gasteiger partial charge is 0.297 e. The number of aliphatic hydroxyl groups is 1. The minimum Gasteiger partial charge on any atom is -0.489 e. The van der Waals surface area contributed by atoms with Crippen LogP contribution < -0.4 is 30.1 Å². The Morgan fingerprint density at radius 3 is 2.48 bits per heavy atom. The average molecular weight is 961 g/mol. The lowest BCUT2D eigenvalue weighted by Crippen LogP contribution is -2.63. The summed E-state index contributed by atoms with van der Waals surface area (Å²) in [5.41, 5.74) is 8.43. The van der Waals surface area contributed by atoms with E-state index < -0.39 is 42.9 Å². The zero-order valence-electron chi connectivity index (χ0n) is 39.2. The van der Waals surface area contributed by atoms with Gasteiger partial charge >= 0.3 is 0 Å². The van der Waals surface area contributed by atoms with E-state index in [1.807, 2.05) is 0 Å². The van der Waals surface area contributed by atoms with E-state index in [0.29, 0.717) is 54.6 Å². The number of amides is 2. The molecule has 5 aliphatic rings. The van der Waals surface area contributed by atoms with E-state index in [0.717, 1.165) is 56.8 Å². The normalized spacial score (nSPS) is 24.6. The maximum Gasteiger partial charge on any atom is 0.297 e. The first-order valence-electron chi connectivity index (χ1n) is 24.2. The molecule has 6 N–H and O–H groups in total. The van der Waals surface area contributed by atoms with Crippen LogP contribution in [0.1, 0.15) is 122 Å². The second-order valence-corrected chi connectivity index (χ2v) is 22.3. The fourth-order valence-corrected chi connectivity index (χ4v) is 12.7. The molecule has 5 aromatic rings. The van der Waals surface area contributed by atoms with Gasteiger partial charge in [-0.2, -0.15) is 0 Å². The first-order valence-corrected chi connectivity index (χ1v) is 25.6. The monoisotopic (exact) mass is 960 g/mol. The maximum absolute atomic E-state index is 14.2. The number of nitrogens with one attached hydrogen (secondary N) is 3. The summed E-state index contributed by atoms with van der Waals surface area (Å²) in [5.74, 6) is -0.985. The van der Waals surface area contributed by atoms with Gasteiger partial charge in [-0.1, -0.05) is 44.5 Å². The van der Waals surface area contributed by atoms with Crippen molar-refractivity contribution in [2.75, 3.05) is 43.0 Å². The molecular formula is C51H60N8O9S. The quantitative estimate of drug-likeness (QED) is 0.0590. The van der Waals surface area contributed by atoms with Crippen LogP contribution in [0.4, 0.5) is 17.1 Å². The third-order valence-corrected chi connectivity index (χ3v) is 16.9. The SMILES string of the molecule is CC(C)c1ccccc1[C@@H]1CCC[C@H]1N1CC2(CCN(c3ccc(C(=O)NS(=O)(=O)c4cc5c(c([N+](=O)[O-])c4)N[C@@H](C4CCC(C)(O)CC4)CO5)c(Oc4cc5cc[nH]c5nc4C(N)=O)c3)CC2)C1. The number of nitrogens with two attached hydrogens (primary N) is 1. The molecule has 2 aromatic heterocycles. The highest BCUT2D eigenvalue weighted by molar-refractivity contribution is 7.90. The molecule has 0 bridgehead atoms. The van der Waals surface area contributed by atoms with Crippen molar-refractivity contribution in [2.45, 2.75) is 113 Å². The molecule has 2 saturated heterocycles. The Kier molecular flexibility index (Phi) is 12.1. The standard InChI is InChI=1S/C51H60N8O9S/c1-30(2)35-7-4-5-8-36(35)37-9-6-10-40(37)58-28-51(29-58)18-21-57(22-19-51)33-11-12-38(42(24-33)68-44-23-32-15-20-53-48(32)55-46(44)47(52)60)49(61)56-69(65,66)34-25-41(59(63)64)45-43(26-34)67-27-39(54-45)31-13-16-50(3,62)17-14-31/h4-5,7-8,11-12,15,20,23-26,30-31,37,39-40,54,62H,6,9-10,13-14,16-19,21-22,27-29H2,1-3H3,(H2,52,60)(H,53,55)(H,56,61)/t31?,37-,39+,40+,50?/m0/s1. The van der Waals surface area contributed by atoms with Crippen molar-refractivity contribution >= 4 is 49.9 Å². The van der Waals surface area contributed by atoms with E-state index in [2.05, 4.69) is 67.9 Å². The number of nitrogens with zero attached hydrogens (tertiary/aromatic N) is 4. The van der Waals surface area contributed by atoms with E-state index in [1.54, 1.807) is 37.4 Å². The van der Waals surface area contributed by atoms with Gasteiger partial charge in [-0.25, -0.2) is 18.1 Å². The number of carbonyl (C=O) groups excluding carboxylic acids is 2. The van der Waals surface area contributed by atoms with Crippen molar-refractivity contribution in [3.8, 4) is 17.2 Å². The van der Waals surface area contributed by atoms with Crippen LogP contribution in [-0.4, -0.2) is 95.6 Å². The number of carbonyl (C=O) groups is 2. The fraction of sp³-hybridized carbons (Fsp3) is 0.471. The highest BCUT2D eigenvalue weighted by Gasteiger charge is 2.49. The molecule has 364 valence electrons. The lowest BCUT2D eigenvalue weighted by molar-refractivity contribution is -0.384. The van der Waals surface area contributed by atoms with Crippen LogP contribution in [0.2, 0.25) is 0 Å². The van der Waals surface area contributed by atoms with E-state index in [1.165, 1.54) is 36.5 Å². The lowest BCUT2D eigenvalue weighted by atomic mass is 9.70. The van der Waals surface area contributed by atoms with Crippen LogP contribution in [0.5, 0.6) is 17.2 Å². The summed E-state index contributed by atoms with van der Waals surface area (Å²) in [6.45, 7) is 10.1. The minimum absolute atomic E-state index is 0.0378. The Bertz CT molecular complexity index is 2930. The zero-order chi connectivity index (χ0) is 48.4. The number of anilines is 2. The van der Waals surface area contributed by atoms with Crippen molar-refractivity contribution in [1.29, 1.82) is 0 Å². The van der Waals surface area contributed by atoms with Gasteiger partial charge in [0.05, 0.1) is 27.0 Å². The van der Waals surface area contributed by atoms with Gasteiger partial charge in [0.25, 0.3) is 27.5 Å². The number of rotatable bonds is 12. The molecule has 17 nitrogen and oxygen atoms in total. The van der Waals surface area contributed by atoms with E-state index in [-0.39, 0.29) is 58.2 Å². The third-order valence-electron chi connectivity index (χ3n) is 15.6. The van der Waals surface area contributed by atoms with Gasteiger partial charge in [-0.15, -0.1) is 0 Å². The number of likely N-dealkylation sites (tertiary alicyclic amines) is 1. The molecule has 0 unspecified atom stereocenters. The average Bonchev–Trinajstić information content (AvgIpc) is 4.00. The molecule has 3 aliphatic heterocycles. The molecule has 1 spiro atoms. The Morgan fingerprint density at radius 2 is 1.75 bits per heavy atom. The molecule has 2 saturated carbocycles. The lowest BCUT2D eigenvalue weighted by Gasteiger charge is -2.57. The molecule has 5 heterocycles. The molecule has 10 rings (SSSR count). The Morgan fingerprint density at radius 1 is 1.00 bits per heavy atom. The van der Waals surface area contributed by atoms with Crippen molar-refractivity contribution in [3.05, 3.63) is 105 Å². The molecule has 69 heavy (non-hydrogen) atoms. The highest BCUT2D eigenvalue weighted by atomic mass is 32.2. The summed E-state index contributed by atoms with van der Waals surface area (Å²) in [4.78, 5) is 50.4. The van der Waals surface area contributed by atoms with Crippen molar-refractivity contribution in [2.24, 2.45) is 17.1 Å². The van der Waals surface area contributed by atoms with E-state index in [9.17, 15) is 33.2 Å². The molecule has 2 amide bonds. The van der Waals surface area contributed by atoms with Crippen LogP contribution in [0.3, 0.4) is 0 Å². The Labute approximate surface area is 401 Å². The first-order chi connectivity index (χ1) is 33.0. The van der Waals surface area contributed by atoms with Crippen LogP contribution in [-0.2, 0) is 10.0 Å². The number of H-pyrrole nitrogens is 1. The third kappa shape index (κ3) is 9.09. The van der Waals surface area contributed by atoms with Crippen molar-refractivity contribution in [3.63, 3.8) is 0 Å². The molecule has 3 atom stereocenters. The van der Waals surface area contributed by atoms with Gasteiger partial charge in [-0.05, 0) is 117 Å². The molecule has 4 fully saturated rings. The van der Waals surface area contributed by atoms with Crippen LogP contribution in [0.25, 0.3) is 11.0 Å². The van der Waals surface area contributed by atoms with Crippen molar-refractivity contribution in [1.82, 2.24) is 19.6 Å². The number of sulfonamides is 1. The number of piperidine rings is 1. The number of ether oxygens (including phenoxy) is 2. The van der Waals surface area contributed by atoms with Gasteiger partial charge in [0.1, 0.15) is 18.0 Å². The van der Waals surface area contributed by atoms with Gasteiger partial charge in [0.2, 0.25) is 0 Å². The fourth-order valence-electron chi connectivity index (χ4n) is 11.7. The minimum atomic E-state index is -4.75. The number of primary amides is 1. The number of aromatic amines is 1. The zero-order valence-corrected chi connectivity index (χ0v) is 40.0. The molecule has 3 aromatic carbocycles. The number of nitro groups is 1. The van der Waals surface area contributed by atoms with Crippen molar-refractivity contribution < 1.29 is 37.5 Å². The molecular weight excluding hydrogens is 901 g/mol. The second-order valence-electron chi connectivity index (χ2n) is 20.6.